The van der Waals surface area contributed by atoms with Crippen LogP contribution >= 0.6 is 11.6 Å². The molecule has 2 heterocycles. The van der Waals surface area contributed by atoms with Gasteiger partial charge >= 0.3 is 0 Å². The summed E-state index contributed by atoms with van der Waals surface area (Å²) in [6, 6.07) is 7.57. The lowest BCUT2D eigenvalue weighted by molar-refractivity contribution is 1.05. The van der Waals surface area contributed by atoms with E-state index < -0.39 is 0 Å². The normalized spacial score (nSPS) is 10.7. The highest BCUT2D eigenvalue weighted by Crippen LogP contribution is 2.32. The molecule has 0 aliphatic rings. The number of aromatic amines is 1. The Morgan fingerprint density at radius 3 is 2.35 bits per heavy atom. The zero-order valence-corrected chi connectivity index (χ0v) is 11.5. The molecule has 3 N–H and O–H groups in total. The lowest BCUT2D eigenvalue weighted by Gasteiger charge is -2.05. The van der Waals surface area contributed by atoms with Gasteiger partial charge in [0.1, 0.15) is 0 Å². The van der Waals surface area contributed by atoms with Gasteiger partial charge in [0.25, 0.3) is 0 Å². The number of H-pyrrole nitrogens is 1. The van der Waals surface area contributed by atoms with Crippen LogP contribution in [-0.2, 0) is 0 Å². The van der Waals surface area contributed by atoms with E-state index in [0.29, 0.717) is 5.02 Å². The second kappa shape index (κ2) is 4.94. The van der Waals surface area contributed by atoms with E-state index in [1.165, 1.54) is 0 Å². The molecule has 100 valence electrons. The van der Waals surface area contributed by atoms with Gasteiger partial charge in [-0.15, -0.1) is 0 Å². The predicted molar refractivity (Wildman–Crippen MR) is 79.2 cm³/mol. The summed E-state index contributed by atoms with van der Waals surface area (Å²) in [6.07, 6.45) is 3.39. The number of aryl methyl sites for hydroxylation is 1. The molecule has 2 aromatic heterocycles. The molecule has 0 aliphatic heterocycles. The molecule has 0 fully saturated rings. The first-order valence-corrected chi connectivity index (χ1v) is 6.42. The van der Waals surface area contributed by atoms with Crippen LogP contribution in [-0.4, -0.2) is 20.2 Å². The van der Waals surface area contributed by atoms with Gasteiger partial charge in [-0.2, -0.15) is 5.10 Å². The first kappa shape index (κ1) is 12.6. The minimum absolute atomic E-state index is 0.253. The lowest BCUT2D eigenvalue weighted by Crippen LogP contribution is -1.94. The third-order valence-corrected chi connectivity index (χ3v) is 3.29. The van der Waals surface area contributed by atoms with Gasteiger partial charge in [-0.05, 0) is 19.1 Å². The molecule has 1 aromatic carbocycles. The largest absolute Gasteiger partial charge is 0.368 e. The maximum Gasteiger partial charge on any atom is 0.219 e. The molecule has 20 heavy (non-hydrogen) atoms. The monoisotopic (exact) mass is 285 g/mol. The number of nitrogens with two attached hydrogens (primary N) is 1. The fraction of sp³-hybridized carbons (Fsp3) is 0.0714. The summed E-state index contributed by atoms with van der Waals surface area (Å²) in [5, 5.41) is 8.01. The Bertz CT molecular complexity index is 731. The maximum atomic E-state index is 5.92. The topological polar surface area (TPSA) is 80.5 Å². The number of nitrogen functional groups attached to an aromatic ring is 1. The van der Waals surface area contributed by atoms with E-state index in [9.17, 15) is 0 Å². The molecule has 0 saturated carbocycles. The second-order valence-corrected chi connectivity index (χ2v) is 4.83. The van der Waals surface area contributed by atoms with Gasteiger partial charge in [-0.25, -0.2) is 9.97 Å². The molecule has 3 rings (SSSR count). The van der Waals surface area contributed by atoms with Crippen LogP contribution < -0.4 is 5.73 Å². The van der Waals surface area contributed by atoms with Crippen molar-refractivity contribution >= 4 is 17.5 Å². The quantitative estimate of drug-likeness (QED) is 0.758. The number of halogens is 1. The van der Waals surface area contributed by atoms with Gasteiger partial charge in [0.05, 0.1) is 11.4 Å². The molecule has 0 bridgehead atoms. The average Bonchev–Trinajstić information content (AvgIpc) is 2.83. The Morgan fingerprint density at radius 2 is 1.70 bits per heavy atom. The molecule has 3 aromatic rings. The van der Waals surface area contributed by atoms with Gasteiger partial charge in [0, 0.05) is 34.1 Å². The van der Waals surface area contributed by atoms with E-state index in [-0.39, 0.29) is 5.95 Å². The molecule has 0 aliphatic carbocycles. The Kier molecular flexibility index (Phi) is 3.12. The van der Waals surface area contributed by atoms with Crippen molar-refractivity contribution in [3.8, 4) is 22.4 Å². The molecule has 0 amide bonds. The van der Waals surface area contributed by atoms with E-state index in [4.69, 9.17) is 17.3 Å². The van der Waals surface area contributed by atoms with Gasteiger partial charge < -0.3 is 5.73 Å². The highest BCUT2D eigenvalue weighted by atomic mass is 35.5. The molecular formula is C14H12ClN5. The standard InChI is InChI=1S/C14H12ClN5/c1-8-12(10-6-17-14(16)18-7-10)13(20-19-8)9-2-4-11(15)5-3-9/h2-7H,1H3,(H,19,20)(H2,16,17,18). The number of hydrogen-bond acceptors (Lipinski definition) is 4. The Morgan fingerprint density at radius 1 is 1.05 bits per heavy atom. The SMILES string of the molecule is Cc1n[nH]c(-c2ccc(Cl)cc2)c1-c1cnc(N)nc1. The number of anilines is 1. The van der Waals surface area contributed by atoms with Crippen LogP contribution in [0.15, 0.2) is 36.7 Å². The van der Waals surface area contributed by atoms with Gasteiger partial charge in [0.15, 0.2) is 0 Å². The number of hydrogen-bond donors (Lipinski definition) is 2. The third-order valence-electron chi connectivity index (χ3n) is 3.04. The van der Waals surface area contributed by atoms with E-state index in [1.807, 2.05) is 31.2 Å². The van der Waals surface area contributed by atoms with Crippen LogP contribution in [0, 0.1) is 6.92 Å². The van der Waals surface area contributed by atoms with E-state index in [1.54, 1.807) is 12.4 Å². The summed E-state index contributed by atoms with van der Waals surface area (Å²) < 4.78 is 0. The molecule has 0 spiro atoms. The Labute approximate surface area is 120 Å². The van der Waals surface area contributed by atoms with Crippen LogP contribution in [0.2, 0.25) is 5.02 Å². The third kappa shape index (κ3) is 2.23. The first-order chi connectivity index (χ1) is 9.65. The minimum atomic E-state index is 0.253. The average molecular weight is 286 g/mol. The number of nitrogens with zero attached hydrogens (tertiary/aromatic N) is 3. The number of nitrogens with one attached hydrogen (secondary N) is 1. The Balaban J connectivity index is 2.14. The minimum Gasteiger partial charge on any atom is -0.368 e. The van der Waals surface area contributed by atoms with Crippen molar-refractivity contribution in [2.75, 3.05) is 5.73 Å². The summed E-state index contributed by atoms with van der Waals surface area (Å²) in [7, 11) is 0. The van der Waals surface area contributed by atoms with Crippen molar-refractivity contribution in [3.05, 3.63) is 47.4 Å². The summed E-state index contributed by atoms with van der Waals surface area (Å²) in [6.45, 7) is 1.93. The summed E-state index contributed by atoms with van der Waals surface area (Å²) in [4.78, 5) is 8.06. The highest BCUT2D eigenvalue weighted by Gasteiger charge is 2.14. The van der Waals surface area contributed by atoms with Crippen LogP contribution in [0.3, 0.4) is 0 Å². The molecule has 0 atom stereocenters. The number of rotatable bonds is 2. The van der Waals surface area contributed by atoms with E-state index >= 15 is 0 Å². The molecule has 0 saturated heterocycles. The van der Waals surface area contributed by atoms with Crippen LogP contribution in [0.1, 0.15) is 5.69 Å². The van der Waals surface area contributed by atoms with Crippen LogP contribution in [0.4, 0.5) is 5.95 Å². The predicted octanol–water partition coefficient (Wildman–Crippen LogP) is 3.08. The van der Waals surface area contributed by atoms with Crippen molar-refractivity contribution in [2.24, 2.45) is 0 Å². The van der Waals surface area contributed by atoms with Gasteiger partial charge in [0.2, 0.25) is 5.95 Å². The van der Waals surface area contributed by atoms with Crippen LogP contribution in [0.5, 0.6) is 0 Å². The van der Waals surface area contributed by atoms with Crippen LogP contribution in [0.25, 0.3) is 22.4 Å². The lowest BCUT2D eigenvalue weighted by atomic mass is 10.0. The number of aromatic nitrogens is 4. The second-order valence-electron chi connectivity index (χ2n) is 4.40. The van der Waals surface area contributed by atoms with Crippen molar-refractivity contribution in [1.29, 1.82) is 0 Å². The maximum absolute atomic E-state index is 5.92. The fourth-order valence-electron chi connectivity index (χ4n) is 2.08. The zero-order valence-electron chi connectivity index (χ0n) is 10.8. The van der Waals surface area contributed by atoms with Gasteiger partial charge in [-0.1, -0.05) is 23.7 Å². The van der Waals surface area contributed by atoms with Gasteiger partial charge in [-0.3, -0.25) is 5.10 Å². The first-order valence-electron chi connectivity index (χ1n) is 6.04. The summed E-state index contributed by atoms with van der Waals surface area (Å²) in [5.74, 6) is 0.253. The van der Waals surface area contributed by atoms with Crippen molar-refractivity contribution in [2.45, 2.75) is 6.92 Å². The number of benzene rings is 1. The zero-order chi connectivity index (χ0) is 14.1. The summed E-state index contributed by atoms with van der Waals surface area (Å²) in [5.41, 5.74) is 10.1. The molecule has 5 nitrogen and oxygen atoms in total. The van der Waals surface area contributed by atoms with Crippen molar-refractivity contribution in [3.63, 3.8) is 0 Å². The molecule has 0 radical (unpaired) electrons. The highest BCUT2D eigenvalue weighted by molar-refractivity contribution is 6.30. The van der Waals surface area contributed by atoms with Crippen molar-refractivity contribution in [1.82, 2.24) is 20.2 Å². The molecule has 0 unspecified atom stereocenters. The van der Waals surface area contributed by atoms with E-state index in [2.05, 4.69) is 20.2 Å². The fourth-order valence-corrected chi connectivity index (χ4v) is 2.20. The molecule has 6 heteroatoms. The molecular weight excluding hydrogens is 274 g/mol. The Hall–Kier alpha value is -2.40. The summed E-state index contributed by atoms with van der Waals surface area (Å²) >= 11 is 5.92. The smallest absolute Gasteiger partial charge is 0.219 e. The van der Waals surface area contributed by atoms with Crippen molar-refractivity contribution < 1.29 is 0 Å². The van der Waals surface area contributed by atoms with E-state index in [0.717, 1.165) is 28.1 Å².